The van der Waals surface area contributed by atoms with Crippen molar-refractivity contribution in [1.29, 1.82) is 0 Å². The van der Waals surface area contributed by atoms with Crippen LogP contribution in [0.2, 0.25) is 0 Å². The van der Waals surface area contributed by atoms with Crippen LogP contribution in [0.15, 0.2) is 36.5 Å². The predicted octanol–water partition coefficient (Wildman–Crippen LogP) is 2.26. The number of hydrogen-bond donors (Lipinski definition) is 1. The summed E-state index contributed by atoms with van der Waals surface area (Å²) in [6.45, 7) is 3.70. The molecule has 59 valence electrons. The van der Waals surface area contributed by atoms with E-state index in [9.17, 15) is 0 Å². The Bertz CT molecular complexity index is 362. The third-order valence-corrected chi connectivity index (χ3v) is 1.70. The highest BCUT2D eigenvalue weighted by atomic mass is 14.9. The second-order valence-electron chi connectivity index (χ2n) is 2.60. The Labute approximate surface area is 71.3 Å². The average molecular weight is 157 g/mol. The van der Waals surface area contributed by atoms with Crippen LogP contribution in [-0.2, 0) is 0 Å². The molecule has 0 spiro atoms. The van der Waals surface area contributed by atoms with Gasteiger partial charge in [0.25, 0.3) is 0 Å². The van der Waals surface area contributed by atoms with E-state index in [2.05, 4.69) is 16.9 Å². The molecule has 2 aromatic rings. The summed E-state index contributed by atoms with van der Waals surface area (Å²) in [6.07, 6.45) is 1.86. The van der Waals surface area contributed by atoms with Gasteiger partial charge in [-0.05, 0) is 0 Å². The van der Waals surface area contributed by atoms with Crippen LogP contribution >= 0.6 is 0 Å². The highest BCUT2D eigenvalue weighted by Crippen LogP contribution is 2.15. The molecule has 0 aliphatic heterocycles. The molecule has 2 rings (SSSR count). The van der Waals surface area contributed by atoms with Gasteiger partial charge < -0.3 is 4.98 Å². The van der Waals surface area contributed by atoms with Gasteiger partial charge in [0.1, 0.15) is 5.82 Å². The van der Waals surface area contributed by atoms with Gasteiger partial charge in [0.2, 0.25) is 0 Å². The summed E-state index contributed by atoms with van der Waals surface area (Å²) < 4.78 is 0. The molecule has 1 N–H and O–H groups in total. The van der Waals surface area contributed by atoms with Gasteiger partial charge in [0.15, 0.2) is 0 Å². The molecule has 1 heterocycles. The molecule has 1 aromatic heterocycles. The first-order valence-electron chi connectivity index (χ1n) is 3.79. The number of rotatable bonds is 1. The molecule has 0 saturated heterocycles. The van der Waals surface area contributed by atoms with Gasteiger partial charge in [-0.3, -0.25) is 0 Å². The fraction of sp³-hybridized carbons (Fsp3) is 0. The van der Waals surface area contributed by atoms with E-state index in [0.717, 1.165) is 11.3 Å². The smallest absolute Gasteiger partial charge is 0.107 e. The SMILES string of the molecule is [CH2]c1nc(-c2ccccc2)c[nH]1. The van der Waals surface area contributed by atoms with Crippen LogP contribution in [0.25, 0.3) is 11.3 Å². The summed E-state index contributed by atoms with van der Waals surface area (Å²) in [5.74, 6) is 0.703. The van der Waals surface area contributed by atoms with Crippen molar-refractivity contribution in [3.63, 3.8) is 0 Å². The predicted molar refractivity (Wildman–Crippen MR) is 48.5 cm³/mol. The van der Waals surface area contributed by atoms with Crippen molar-refractivity contribution >= 4 is 0 Å². The molecule has 0 bridgehead atoms. The van der Waals surface area contributed by atoms with E-state index >= 15 is 0 Å². The Hall–Kier alpha value is -1.57. The number of nitrogens with zero attached hydrogens (tertiary/aromatic N) is 1. The third kappa shape index (κ3) is 1.23. The number of H-pyrrole nitrogens is 1. The first-order valence-corrected chi connectivity index (χ1v) is 3.79. The number of aromatic amines is 1. The molecule has 0 saturated carbocycles. The van der Waals surface area contributed by atoms with Crippen LogP contribution in [0.3, 0.4) is 0 Å². The summed E-state index contributed by atoms with van der Waals surface area (Å²) >= 11 is 0. The van der Waals surface area contributed by atoms with E-state index < -0.39 is 0 Å². The molecule has 0 aliphatic carbocycles. The van der Waals surface area contributed by atoms with Gasteiger partial charge in [0.05, 0.1) is 5.69 Å². The zero-order chi connectivity index (χ0) is 8.39. The molecule has 0 atom stereocenters. The molecule has 0 aliphatic rings. The molecule has 1 radical (unpaired) electrons. The second-order valence-corrected chi connectivity index (χ2v) is 2.60. The molecular formula is C10H9N2. The van der Waals surface area contributed by atoms with Crippen LogP contribution in [-0.4, -0.2) is 9.97 Å². The molecule has 0 fully saturated rings. The monoisotopic (exact) mass is 157 g/mol. The van der Waals surface area contributed by atoms with E-state index in [4.69, 9.17) is 0 Å². The quantitative estimate of drug-likeness (QED) is 0.675. The van der Waals surface area contributed by atoms with Crippen molar-refractivity contribution in [3.05, 3.63) is 49.3 Å². The minimum Gasteiger partial charge on any atom is -0.348 e. The van der Waals surface area contributed by atoms with E-state index in [-0.39, 0.29) is 0 Å². The molecule has 2 nitrogen and oxygen atoms in total. The zero-order valence-corrected chi connectivity index (χ0v) is 6.62. The molecule has 2 heteroatoms. The van der Waals surface area contributed by atoms with E-state index in [0.29, 0.717) is 5.82 Å². The maximum absolute atomic E-state index is 4.21. The van der Waals surface area contributed by atoms with Crippen LogP contribution in [0, 0.1) is 6.92 Å². The Morgan fingerprint density at radius 1 is 1.17 bits per heavy atom. The van der Waals surface area contributed by atoms with Crippen molar-refractivity contribution in [3.8, 4) is 11.3 Å². The third-order valence-electron chi connectivity index (χ3n) is 1.70. The molecule has 12 heavy (non-hydrogen) atoms. The Morgan fingerprint density at radius 2 is 1.92 bits per heavy atom. The summed E-state index contributed by atoms with van der Waals surface area (Å²) in [6, 6.07) is 10.0. The Balaban J connectivity index is 2.45. The lowest BCUT2D eigenvalue weighted by Crippen LogP contribution is -1.76. The summed E-state index contributed by atoms with van der Waals surface area (Å²) in [4.78, 5) is 7.16. The number of hydrogen-bond acceptors (Lipinski definition) is 1. The summed E-state index contributed by atoms with van der Waals surface area (Å²) in [5, 5.41) is 0. The maximum atomic E-state index is 4.21. The van der Waals surface area contributed by atoms with Crippen LogP contribution in [0.1, 0.15) is 5.82 Å². The standard InChI is InChI=1S/C10H9N2/c1-8-11-7-10(12-8)9-5-3-2-4-6-9/h2-7H,1H2,(H,11,12). The van der Waals surface area contributed by atoms with Crippen LogP contribution in [0.4, 0.5) is 0 Å². The minimum atomic E-state index is 0.703. The lowest BCUT2D eigenvalue weighted by atomic mass is 10.2. The average Bonchev–Trinajstić information content (AvgIpc) is 2.54. The highest BCUT2D eigenvalue weighted by Gasteiger charge is 1.98. The zero-order valence-electron chi connectivity index (χ0n) is 6.62. The van der Waals surface area contributed by atoms with Crippen LogP contribution in [0.5, 0.6) is 0 Å². The molecule has 1 aromatic carbocycles. The first-order chi connectivity index (χ1) is 5.86. The second kappa shape index (κ2) is 2.81. The van der Waals surface area contributed by atoms with Gasteiger partial charge in [0, 0.05) is 18.7 Å². The molecular weight excluding hydrogens is 148 g/mol. The fourth-order valence-corrected chi connectivity index (χ4v) is 1.12. The van der Waals surface area contributed by atoms with E-state index in [1.807, 2.05) is 36.5 Å². The van der Waals surface area contributed by atoms with E-state index in [1.165, 1.54) is 0 Å². The van der Waals surface area contributed by atoms with Gasteiger partial charge in [-0.15, -0.1) is 0 Å². The topological polar surface area (TPSA) is 28.7 Å². The van der Waals surface area contributed by atoms with Gasteiger partial charge in [-0.25, -0.2) is 4.98 Å². The Morgan fingerprint density at radius 3 is 2.50 bits per heavy atom. The molecule has 0 unspecified atom stereocenters. The number of aromatic nitrogens is 2. The van der Waals surface area contributed by atoms with Crippen molar-refractivity contribution < 1.29 is 0 Å². The van der Waals surface area contributed by atoms with Gasteiger partial charge in [-0.2, -0.15) is 0 Å². The van der Waals surface area contributed by atoms with Crippen molar-refractivity contribution in [2.45, 2.75) is 0 Å². The summed E-state index contributed by atoms with van der Waals surface area (Å²) in [5.41, 5.74) is 2.06. The molecule has 0 amide bonds. The number of benzene rings is 1. The van der Waals surface area contributed by atoms with Crippen LogP contribution < -0.4 is 0 Å². The summed E-state index contributed by atoms with van der Waals surface area (Å²) in [7, 11) is 0. The maximum Gasteiger partial charge on any atom is 0.107 e. The number of nitrogens with one attached hydrogen (secondary N) is 1. The van der Waals surface area contributed by atoms with Gasteiger partial charge in [-0.1, -0.05) is 30.3 Å². The first kappa shape index (κ1) is 7.10. The Kier molecular flexibility index (Phi) is 1.67. The van der Waals surface area contributed by atoms with Gasteiger partial charge >= 0.3 is 0 Å². The van der Waals surface area contributed by atoms with Crippen molar-refractivity contribution in [2.24, 2.45) is 0 Å². The highest BCUT2D eigenvalue weighted by molar-refractivity contribution is 5.58. The minimum absolute atomic E-state index is 0.703. The lowest BCUT2D eigenvalue weighted by molar-refractivity contribution is 1.23. The normalized spacial score (nSPS) is 10.1. The number of imidazole rings is 1. The van der Waals surface area contributed by atoms with Crippen molar-refractivity contribution in [2.75, 3.05) is 0 Å². The lowest BCUT2D eigenvalue weighted by Gasteiger charge is -1.92. The fourth-order valence-electron chi connectivity index (χ4n) is 1.12. The van der Waals surface area contributed by atoms with Crippen molar-refractivity contribution in [1.82, 2.24) is 9.97 Å². The van der Waals surface area contributed by atoms with E-state index in [1.54, 1.807) is 0 Å². The largest absolute Gasteiger partial charge is 0.348 e.